The molecule has 0 bridgehead atoms. The monoisotopic (exact) mass is 315 g/mol. The molecule has 3 rings (SSSR count). The number of thioether (sulfide) groups is 1. The van der Waals surface area contributed by atoms with Gasteiger partial charge in [0, 0.05) is 30.5 Å². The number of H-pyrrole nitrogens is 1. The third-order valence-electron chi connectivity index (χ3n) is 3.94. The highest BCUT2D eigenvalue weighted by molar-refractivity contribution is 8.00. The summed E-state index contributed by atoms with van der Waals surface area (Å²) in [5.41, 5.74) is 1.20. The highest BCUT2D eigenvalue weighted by Gasteiger charge is 2.24. The lowest BCUT2D eigenvalue weighted by molar-refractivity contribution is -0.118. The van der Waals surface area contributed by atoms with Crippen molar-refractivity contribution in [1.82, 2.24) is 10.2 Å². The molecule has 4 nitrogen and oxygen atoms in total. The van der Waals surface area contributed by atoms with Gasteiger partial charge in [-0.1, -0.05) is 30.3 Å². The molecule has 116 valence electrons. The molecule has 1 aromatic carbocycles. The molecule has 0 radical (unpaired) electrons. The lowest BCUT2D eigenvalue weighted by Crippen LogP contribution is -2.36. The van der Waals surface area contributed by atoms with Gasteiger partial charge in [-0.15, -0.1) is 0 Å². The van der Waals surface area contributed by atoms with Gasteiger partial charge < -0.3 is 0 Å². The van der Waals surface area contributed by atoms with E-state index < -0.39 is 0 Å². The van der Waals surface area contributed by atoms with E-state index in [9.17, 15) is 4.79 Å². The molecule has 2 aromatic rings. The van der Waals surface area contributed by atoms with Crippen LogP contribution < -0.4 is 4.90 Å². The molecule has 0 saturated carbocycles. The first kappa shape index (κ1) is 15.2. The summed E-state index contributed by atoms with van der Waals surface area (Å²) in [4.78, 5) is 14.5. The van der Waals surface area contributed by atoms with Crippen molar-refractivity contribution >= 4 is 23.5 Å². The number of rotatable bonds is 6. The third-order valence-corrected chi connectivity index (χ3v) is 5.32. The zero-order valence-corrected chi connectivity index (χ0v) is 13.4. The van der Waals surface area contributed by atoms with Crippen molar-refractivity contribution in [2.24, 2.45) is 0 Å². The summed E-state index contributed by atoms with van der Waals surface area (Å²) in [6.45, 7) is 0.767. The van der Waals surface area contributed by atoms with E-state index in [1.54, 1.807) is 6.20 Å². The maximum absolute atomic E-state index is 12.7. The van der Waals surface area contributed by atoms with Gasteiger partial charge in [0.1, 0.15) is 0 Å². The molecular formula is C17H21N3OS. The van der Waals surface area contributed by atoms with Gasteiger partial charge in [-0.25, -0.2) is 0 Å². The van der Waals surface area contributed by atoms with Crippen LogP contribution in [-0.2, 0) is 11.2 Å². The van der Waals surface area contributed by atoms with Crippen LogP contribution in [0.1, 0.15) is 24.8 Å². The fourth-order valence-corrected chi connectivity index (χ4v) is 4.00. The zero-order valence-electron chi connectivity index (χ0n) is 12.6. The van der Waals surface area contributed by atoms with E-state index >= 15 is 0 Å². The van der Waals surface area contributed by atoms with Crippen LogP contribution in [0.5, 0.6) is 0 Å². The topological polar surface area (TPSA) is 49.0 Å². The predicted octanol–water partition coefficient (Wildman–Crippen LogP) is 3.27. The predicted molar refractivity (Wildman–Crippen MR) is 91.2 cm³/mol. The Bertz CT molecular complexity index is 579. The van der Waals surface area contributed by atoms with Gasteiger partial charge in [0.05, 0.1) is 0 Å². The summed E-state index contributed by atoms with van der Waals surface area (Å²) in [7, 11) is 0. The number of nitrogens with one attached hydrogen (secondary N) is 1. The Hall–Kier alpha value is -1.75. The second-order valence-corrected chi connectivity index (χ2v) is 6.97. The van der Waals surface area contributed by atoms with Gasteiger partial charge in [0.2, 0.25) is 5.91 Å². The molecule has 1 unspecified atom stereocenters. The molecule has 5 heteroatoms. The summed E-state index contributed by atoms with van der Waals surface area (Å²) in [6, 6.07) is 12.0. The highest BCUT2D eigenvalue weighted by atomic mass is 32.2. The van der Waals surface area contributed by atoms with Gasteiger partial charge in [0.15, 0.2) is 5.82 Å². The van der Waals surface area contributed by atoms with Crippen molar-refractivity contribution < 1.29 is 4.79 Å². The van der Waals surface area contributed by atoms with Crippen LogP contribution in [0.15, 0.2) is 42.6 Å². The number of nitrogens with zero attached hydrogens (tertiary/aromatic N) is 2. The number of aromatic amines is 1. The summed E-state index contributed by atoms with van der Waals surface area (Å²) < 4.78 is 0. The van der Waals surface area contributed by atoms with E-state index in [0.717, 1.165) is 18.8 Å². The molecule has 0 aliphatic carbocycles. The van der Waals surface area contributed by atoms with Crippen molar-refractivity contribution in [3.8, 4) is 0 Å². The lowest BCUT2D eigenvalue weighted by atomic mass is 10.1. The normalized spacial score (nSPS) is 17.5. The minimum absolute atomic E-state index is 0.156. The molecule has 1 N–H and O–H groups in total. The number of aryl methyl sites for hydroxylation is 1. The van der Waals surface area contributed by atoms with Crippen molar-refractivity contribution in [2.45, 2.75) is 30.9 Å². The zero-order chi connectivity index (χ0) is 15.2. The van der Waals surface area contributed by atoms with Crippen LogP contribution in [0.3, 0.4) is 0 Å². The minimum Gasteiger partial charge on any atom is -0.294 e. The first-order chi connectivity index (χ1) is 10.8. The van der Waals surface area contributed by atoms with Gasteiger partial charge in [0.25, 0.3) is 0 Å². The molecule has 1 aliphatic rings. The number of anilines is 1. The number of carbonyl (C=O) groups is 1. The molecule has 0 spiro atoms. The Kier molecular flexibility index (Phi) is 5.16. The number of amides is 1. The van der Waals surface area contributed by atoms with Gasteiger partial charge in [-0.05, 0) is 30.6 Å². The van der Waals surface area contributed by atoms with Crippen molar-refractivity contribution in [2.75, 3.05) is 17.2 Å². The molecule has 1 saturated heterocycles. The summed E-state index contributed by atoms with van der Waals surface area (Å²) in [5, 5.41) is 7.56. The smallest absolute Gasteiger partial charge is 0.228 e. The fraction of sp³-hybridized carbons (Fsp3) is 0.412. The van der Waals surface area contributed by atoms with Crippen LogP contribution in [-0.4, -0.2) is 33.7 Å². The molecule has 1 atom stereocenters. The van der Waals surface area contributed by atoms with E-state index in [4.69, 9.17) is 0 Å². The van der Waals surface area contributed by atoms with E-state index in [-0.39, 0.29) is 5.91 Å². The summed E-state index contributed by atoms with van der Waals surface area (Å²) >= 11 is 1.97. The standard InChI is InChI=1S/C17H21N3OS/c21-17(9-8-14-5-2-1-3-6-14)20(16-10-11-18-19-16)13-15-7-4-12-22-15/h1-3,5-6,10-11,15H,4,7-9,12-13H2,(H,18,19). The van der Waals surface area contributed by atoms with Gasteiger partial charge in [-0.2, -0.15) is 16.9 Å². The van der Waals surface area contributed by atoms with Crippen LogP contribution in [0, 0.1) is 0 Å². The molecule has 1 fully saturated rings. The Morgan fingerprint density at radius 2 is 2.18 bits per heavy atom. The number of benzene rings is 1. The first-order valence-electron chi connectivity index (χ1n) is 7.78. The lowest BCUT2D eigenvalue weighted by Gasteiger charge is -2.23. The van der Waals surface area contributed by atoms with Crippen molar-refractivity contribution in [1.29, 1.82) is 0 Å². The second-order valence-electron chi connectivity index (χ2n) is 5.56. The molecule has 1 aromatic heterocycles. The SMILES string of the molecule is O=C(CCc1ccccc1)N(CC1CCCS1)c1cc[nH]n1. The average Bonchev–Trinajstić information content (AvgIpc) is 3.24. The highest BCUT2D eigenvalue weighted by Crippen LogP contribution is 2.28. The van der Waals surface area contributed by atoms with Gasteiger partial charge in [-0.3, -0.25) is 14.8 Å². The van der Waals surface area contributed by atoms with Crippen LogP contribution in [0.2, 0.25) is 0 Å². The minimum atomic E-state index is 0.156. The van der Waals surface area contributed by atoms with E-state index in [1.165, 1.54) is 24.2 Å². The van der Waals surface area contributed by atoms with E-state index in [2.05, 4.69) is 22.3 Å². The summed E-state index contributed by atoms with van der Waals surface area (Å²) in [5.74, 6) is 2.10. The first-order valence-corrected chi connectivity index (χ1v) is 8.83. The fourth-order valence-electron chi connectivity index (χ4n) is 2.75. The number of carbonyl (C=O) groups excluding carboxylic acids is 1. The van der Waals surface area contributed by atoms with Gasteiger partial charge >= 0.3 is 0 Å². The quantitative estimate of drug-likeness (QED) is 0.890. The molecule has 22 heavy (non-hydrogen) atoms. The molecular weight excluding hydrogens is 294 g/mol. The van der Waals surface area contributed by atoms with Crippen molar-refractivity contribution in [3.05, 3.63) is 48.2 Å². The van der Waals surface area contributed by atoms with Crippen LogP contribution in [0.25, 0.3) is 0 Å². The van der Waals surface area contributed by atoms with Crippen LogP contribution >= 0.6 is 11.8 Å². The van der Waals surface area contributed by atoms with E-state index in [0.29, 0.717) is 11.7 Å². The Morgan fingerprint density at radius 3 is 2.86 bits per heavy atom. The molecule has 1 aliphatic heterocycles. The van der Waals surface area contributed by atoms with Crippen LogP contribution in [0.4, 0.5) is 5.82 Å². The van der Waals surface area contributed by atoms with Crippen molar-refractivity contribution in [3.63, 3.8) is 0 Å². The Balaban J connectivity index is 1.64. The maximum atomic E-state index is 12.7. The number of hydrogen-bond donors (Lipinski definition) is 1. The molecule has 1 amide bonds. The number of hydrogen-bond acceptors (Lipinski definition) is 3. The second kappa shape index (κ2) is 7.49. The Labute approximate surface area is 135 Å². The Morgan fingerprint density at radius 1 is 1.32 bits per heavy atom. The summed E-state index contributed by atoms with van der Waals surface area (Å²) in [6.07, 6.45) is 5.51. The molecule has 2 heterocycles. The number of aromatic nitrogens is 2. The average molecular weight is 315 g/mol. The van der Waals surface area contributed by atoms with E-state index in [1.807, 2.05) is 40.9 Å². The maximum Gasteiger partial charge on any atom is 0.228 e. The largest absolute Gasteiger partial charge is 0.294 e. The third kappa shape index (κ3) is 3.91.